The number of nitrogens with zero attached hydrogens (tertiary/aromatic N) is 6. The molecule has 0 radical (unpaired) electrons. The molecule has 0 spiro atoms. The number of fused-ring (bicyclic) bond motifs is 1. The number of amides is 3. The number of rotatable bonds is 10. The molecule has 5 aromatic rings. The van der Waals surface area contributed by atoms with Crippen molar-refractivity contribution < 1.29 is 14.4 Å². The monoisotopic (exact) mass is 601 g/mol. The van der Waals surface area contributed by atoms with E-state index in [2.05, 4.69) is 31.1 Å². The Morgan fingerprint density at radius 2 is 1.78 bits per heavy atom. The summed E-state index contributed by atoms with van der Waals surface area (Å²) in [6.07, 6.45) is 5.26. The van der Waals surface area contributed by atoms with Crippen molar-refractivity contribution in [1.82, 2.24) is 40.4 Å². The fourth-order valence-electron chi connectivity index (χ4n) is 5.42. The lowest BCUT2D eigenvalue weighted by Gasteiger charge is -2.20. The summed E-state index contributed by atoms with van der Waals surface area (Å²) < 4.78 is 1.53. The molecule has 12 heteroatoms. The molecule has 0 saturated heterocycles. The second kappa shape index (κ2) is 12.8. The van der Waals surface area contributed by atoms with E-state index in [1.165, 1.54) is 17.1 Å². The van der Waals surface area contributed by atoms with Gasteiger partial charge in [0.05, 0.1) is 23.8 Å². The van der Waals surface area contributed by atoms with Crippen LogP contribution >= 0.6 is 0 Å². The maximum atomic E-state index is 13.6. The molecule has 0 aliphatic carbocycles. The van der Waals surface area contributed by atoms with Crippen LogP contribution in [-0.2, 0) is 27.5 Å². The number of carbonyl (C=O) groups is 3. The first-order valence-corrected chi connectivity index (χ1v) is 14.4. The first-order valence-electron chi connectivity index (χ1n) is 14.4. The molecule has 3 N–H and O–H groups in total. The van der Waals surface area contributed by atoms with Crippen LogP contribution < -0.4 is 10.6 Å². The fraction of sp³-hybridized carbons (Fsp3) is 0.182. The number of aromatic amines is 1. The van der Waals surface area contributed by atoms with Gasteiger partial charge in [0, 0.05) is 41.7 Å². The molecule has 3 heterocycles. The number of hydrogen-bond donors (Lipinski definition) is 3. The number of anilines is 1. The third-order valence-electron chi connectivity index (χ3n) is 7.70. The fourth-order valence-corrected chi connectivity index (χ4v) is 5.42. The Balaban J connectivity index is 1.26. The zero-order chi connectivity index (χ0) is 31.3. The van der Waals surface area contributed by atoms with Crippen LogP contribution in [0.1, 0.15) is 46.2 Å². The topological polar surface area (TPSA) is 151 Å². The number of carbonyl (C=O) groups excluding carboxylic acids is 3. The van der Waals surface area contributed by atoms with E-state index >= 15 is 0 Å². The second-order valence-corrected chi connectivity index (χ2v) is 10.9. The Morgan fingerprint density at radius 3 is 2.47 bits per heavy atom. The lowest BCUT2D eigenvalue weighted by atomic mass is 10.1. The van der Waals surface area contributed by atoms with Crippen LogP contribution in [0.25, 0.3) is 23.0 Å². The summed E-state index contributed by atoms with van der Waals surface area (Å²) in [6.45, 7) is 4.89. The van der Waals surface area contributed by atoms with E-state index in [0.29, 0.717) is 36.7 Å². The molecule has 3 amide bonds. The van der Waals surface area contributed by atoms with E-state index in [1.54, 1.807) is 23.1 Å². The Kier molecular flexibility index (Phi) is 8.27. The minimum absolute atomic E-state index is 0.0163. The third-order valence-corrected chi connectivity index (χ3v) is 7.70. The summed E-state index contributed by atoms with van der Waals surface area (Å²) in [5, 5.41) is 17.0. The highest BCUT2D eigenvalue weighted by Crippen LogP contribution is 2.28. The minimum Gasteiger partial charge on any atom is -0.344 e. The summed E-state index contributed by atoms with van der Waals surface area (Å²) in [5.41, 5.74) is 7.67. The molecular weight excluding hydrogens is 570 g/mol. The van der Waals surface area contributed by atoms with Crippen molar-refractivity contribution in [3.8, 4) is 16.9 Å². The van der Waals surface area contributed by atoms with Gasteiger partial charge in [0.25, 0.3) is 0 Å². The van der Waals surface area contributed by atoms with Gasteiger partial charge in [-0.3, -0.25) is 14.4 Å². The van der Waals surface area contributed by atoms with E-state index < -0.39 is 6.04 Å². The van der Waals surface area contributed by atoms with Crippen molar-refractivity contribution in [2.45, 2.75) is 39.4 Å². The second-order valence-electron chi connectivity index (χ2n) is 10.9. The average molecular weight is 602 g/mol. The van der Waals surface area contributed by atoms with Crippen molar-refractivity contribution in [3.63, 3.8) is 0 Å². The summed E-state index contributed by atoms with van der Waals surface area (Å²) in [7, 11) is 0. The zero-order valence-electron chi connectivity index (χ0n) is 24.8. The molecule has 1 atom stereocenters. The highest BCUT2D eigenvalue weighted by atomic mass is 16.2. The maximum Gasteiger partial charge on any atom is 0.244 e. The molecule has 6 rings (SSSR count). The van der Waals surface area contributed by atoms with E-state index in [1.807, 2.05) is 68.4 Å². The maximum absolute atomic E-state index is 13.6. The Hall–Kier alpha value is -5.91. The van der Waals surface area contributed by atoms with Gasteiger partial charge in [0.15, 0.2) is 0 Å². The van der Waals surface area contributed by atoms with Crippen molar-refractivity contribution in [3.05, 3.63) is 113 Å². The number of hydrogen-bond acceptors (Lipinski definition) is 7. The van der Waals surface area contributed by atoms with Gasteiger partial charge in [-0.1, -0.05) is 48.0 Å². The van der Waals surface area contributed by atoms with Gasteiger partial charge in [0.2, 0.25) is 18.2 Å². The molecule has 1 aliphatic rings. The lowest BCUT2D eigenvalue weighted by Crippen LogP contribution is -2.34. The zero-order valence-corrected chi connectivity index (χ0v) is 24.8. The van der Waals surface area contributed by atoms with Crippen LogP contribution in [-0.4, -0.2) is 53.3 Å². The van der Waals surface area contributed by atoms with Crippen molar-refractivity contribution in [2.75, 3.05) is 5.32 Å². The smallest absolute Gasteiger partial charge is 0.244 e. The Labute approximate surface area is 259 Å². The lowest BCUT2D eigenvalue weighted by molar-refractivity contribution is -0.132. The molecule has 0 fully saturated rings. The van der Waals surface area contributed by atoms with E-state index in [9.17, 15) is 14.4 Å². The van der Waals surface area contributed by atoms with Gasteiger partial charge in [-0.25, -0.2) is 4.98 Å². The average Bonchev–Trinajstić information content (AvgIpc) is 3.81. The summed E-state index contributed by atoms with van der Waals surface area (Å²) >= 11 is 0. The van der Waals surface area contributed by atoms with Crippen molar-refractivity contribution in [1.29, 1.82) is 0 Å². The molecule has 1 aliphatic heterocycles. The van der Waals surface area contributed by atoms with Gasteiger partial charge in [-0.15, -0.1) is 5.10 Å². The Morgan fingerprint density at radius 1 is 1.02 bits per heavy atom. The van der Waals surface area contributed by atoms with Crippen LogP contribution in [0.3, 0.4) is 0 Å². The third kappa shape index (κ3) is 6.54. The van der Waals surface area contributed by atoms with E-state index in [4.69, 9.17) is 4.98 Å². The largest absolute Gasteiger partial charge is 0.344 e. The first kappa shape index (κ1) is 29.2. The minimum atomic E-state index is -0.724. The van der Waals surface area contributed by atoms with Crippen molar-refractivity contribution >= 4 is 30.0 Å². The van der Waals surface area contributed by atoms with Crippen LogP contribution in [0, 0.1) is 13.8 Å². The molecule has 3 aromatic carbocycles. The molecule has 226 valence electrons. The molecule has 0 bridgehead atoms. The predicted molar refractivity (Wildman–Crippen MR) is 168 cm³/mol. The molecule has 45 heavy (non-hydrogen) atoms. The number of benzene rings is 3. The Bertz CT molecular complexity index is 1850. The summed E-state index contributed by atoms with van der Waals surface area (Å²) in [4.78, 5) is 47.7. The van der Waals surface area contributed by atoms with E-state index in [-0.39, 0.29) is 18.2 Å². The quantitative estimate of drug-likeness (QED) is 0.161. The molecule has 12 nitrogen and oxygen atoms in total. The van der Waals surface area contributed by atoms with Crippen molar-refractivity contribution in [2.24, 2.45) is 0 Å². The normalized spacial score (nSPS) is 13.1. The summed E-state index contributed by atoms with van der Waals surface area (Å²) in [5.74, 6) is -0.0177. The van der Waals surface area contributed by atoms with Gasteiger partial charge in [-0.2, -0.15) is 4.68 Å². The van der Waals surface area contributed by atoms with Crippen LogP contribution in [0.4, 0.5) is 5.69 Å². The number of imidazole rings is 1. The van der Waals surface area contributed by atoms with Crippen LogP contribution in [0.2, 0.25) is 0 Å². The predicted octanol–water partition coefficient (Wildman–Crippen LogP) is 4.04. The van der Waals surface area contributed by atoms with E-state index in [0.717, 1.165) is 39.2 Å². The van der Waals surface area contributed by atoms with Crippen LogP contribution in [0.15, 0.2) is 79.1 Å². The molecular formula is C33H31N9O3. The standard InChI is InChI=1S/C33H31N9O3/c1-21-7-13-29(42-19-35-39-40-42)24(15-21)10-14-30(44)37-28(16-31(45)41-17-25-5-3-4-6-26(25)18-41)33-36-22(2)32(38-33)23-8-11-27(12-9-23)34-20-43/h3-15,19-20,28H,16-18H2,1-2H3,(H,34,43)(H,36,38)(H,37,44)/b14-10+/t28-/m0/s1. The molecule has 0 unspecified atom stereocenters. The highest BCUT2D eigenvalue weighted by Gasteiger charge is 2.28. The number of tetrazole rings is 1. The molecule has 0 saturated carbocycles. The van der Waals surface area contributed by atoms with Gasteiger partial charge in [0.1, 0.15) is 12.2 Å². The first-order chi connectivity index (χ1) is 21.9. The SMILES string of the molecule is Cc1ccc(-n2cnnn2)c(/C=C/C(=O)N[C@@H](CC(=O)N2Cc3ccccc3C2)c2nc(-c3ccc(NC=O)cc3)c(C)[nH]2)c1. The number of nitrogens with one attached hydrogen (secondary N) is 3. The number of aromatic nitrogens is 6. The van der Waals surface area contributed by atoms with Gasteiger partial charge in [-0.05, 0) is 65.7 Å². The number of H-pyrrole nitrogens is 1. The van der Waals surface area contributed by atoms with Gasteiger partial charge < -0.3 is 20.5 Å². The summed E-state index contributed by atoms with van der Waals surface area (Å²) in [6, 6.07) is 20.3. The van der Waals surface area contributed by atoms with Crippen LogP contribution in [0.5, 0.6) is 0 Å². The highest BCUT2D eigenvalue weighted by molar-refractivity contribution is 5.93. The van der Waals surface area contributed by atoms with Gasteiger partial charge >= 0.3 is 0 Å². The molecule has 2 aromatic heterocycles. The number of aryl methyl sites for hydroxylation is 2.